The molecule has 0 aliphatic rings. The van der Waals surface area contributed by atoms with E-state index in [1.165, 1.54) is 0 Å². The van der Waals surface area contributed by atoms with E-state index in [4.69, 9.17) is 22.1 Å². The molecular formula is C15H23ClN2O2. The third-order valence-electron chi connectivity index (χ3n) is 3.67. The Morgan fingerprint density at radius 1 is 1.35 bits per heavy atom. The summed E-state index contributed by atoms with van der Waals surface area (Å²) < 4.78 is 5.35. The number of nitrogens with one attached hydrogen (secondary N) is 1. The SMILES string of the molecule is CCOc1ccc(NC(=O)C(C)(C)C(C)(C)N)cc1Cl. The molecule has 0 unspecified atom stereocenters. The van der Waals surface area contributed by atoms with Crippen LogP contribution < -0.4 is 15.8 Å². The molecule has 4 nitrogen and oxygen atoms in total. The fourth-order valence-electron chi connectivity index (χ4n) is 1.43. The van der Waals surface area contributed by atoms with Crippen LogP contribution in [0.1, 0.15) is 34.6 Å². The van der Waals surface area contributed by atoms with E-state index in [0.29, 0.717) is 23.1 Å². The van der Waals surface area contributed by atoms with Gasteiger partial charge >= 0.3 is 0 Å². The lowest BCUT2D eigenvalue weighted by atomic mass is 9.74. The van der Waals surface area contributed by atoms with Gasteiger partial charge < -0.3 is 15.8 Å². The molecule has 112 valence electrons. The first kappa shape index (κ1) is 16.8. The maximum absolute atomic E-state index is 12.3. The Morgan fingerprint density at radius 2 is 1.95 bits per heavy atom. The molecule has 0 saturated heterocycles. The molecule has 0 bridgehead atoms. The third kappa shape index (κ3) is 3.64. The minimum atomic E-state index is -0.710. The summed E-state index contributed by atoms with van der Waals surface area (Å²) in [5.41, 5.74) is 5.34. The molecule has 0 aliphatic heterocycles. The number of ether oxygens (including phenoxy) is 1. The van der Waals surface area contributed by atoms with E-state index in [2.05, 4.69) is 5.32 Å². The van der Waals surface area contributed by atoms with Gasteiger partial charge in [0.05, 0.1) is 17.0 Å². The van der Waals surface area contributed by atoms with Crippen LogP contribution in [-0.4, -0.2) is 18.1 Å². The Kier molecular flexibility index (Phi) is 5.05. The molecule has 1 amide bonds. The predicted octanol–water partition coefficient (Wildman–Crippen LogP) is 3.44. The second-order valence-corrected chi connectivity index (χ2v) is 6.29. The summed E-state index contributed by atoms with van der Waals surface area (Å²) in [6, 6.07) is 5.17. The van der Waals surface area contributed by atoms with Gasteiger partial charge in [0.1, 0.15) is 5.75 Å². The van der Waals surface area contributed by atoms with E-state index in [1.807, 2.05) is 34.6 Å². The zero-order valence-corrected chi connectivity index (χ0v) is 13.5. The maximum Gasteiger partial charge on any atom is 0.231 e. The van der Waals surface area contributed by atoms with Gasteiger partial charge in [-0.1, -0.05) is 11.6 Å². The van der Waals surface area contributed by atoms with Crippen molar-refractivity contribution >= 4 is 23.2 Å². The van der Waals surface area contributed by atoms with Crippen LogP contribution in [0.4, 0.5) is 5.69 Å². The molecule has 0 radical (unpaired) electrons. The lowest BCUT2D eigenvalue weighted by Gasteiger charge is -2.36. The monoisotopic (exact) mass is 298 g/mol. The minimum Gasteiger partial charge on any atom is -0.492 e. The smallest absolute Gasteiger partial charge is 0.231 e. The number of rotatable bonds is 5. The fraction of sp³-hybridized carbons (Fsp3) is 0.533. The first-order chi connectivity index (χ1) is 9.09. The number of hydrogen-bond acceptors (Lipinski definition) is 3. The lowest BCUT2D eigenvalue weighted by molar-refractivity contribution is -0.126. The summed E-state index contributed by atoms with van der Waals surface area (Å²) in [4.78, 5) is 12.3. The molecule has 0 saturated carbocycles. The topological polar surface area (TPSA) is 64.3 Å². The van der Waals surface area contributed by atoms with Crippen LogP contribution in [0.25, 0.3) is 0 Å². The Labute approximate surface area is 125 Å². The molecule has 0 fully saturated rings. The molecule has 1 aromatic carbocycles. The summed E-state index contributed by atoms with van der Waals surface area (Å²) in [6.45, 7) is 9.73. The van der Waals surface area contributed by atoms with Gasteiger partial charge in [0.15, 0.2) is 0 Å². The van der Waals surface area contributed by atoms with Gasteiger partial charge in [0.2, 0.25) is 5.91 Å². The highest BCUT2D eigenvalue weighted by Crippen LogP contribution is 2.32. The van der Waals surface area contributed by atoms with Gasteiger partial charge in [-0.25, -0.2) is 0 Å². The number of nitrogens with two attached hydrogens (primary N) is 1. The van der Waals surface area contributed by atoms with E-state index in [9.17, 15) is 4.79 Å². The van der Waals surface area contributed by atoms with Crippen LogP contribution in [0.5, 0.6) is 5.75 Å². The molecule has 0 heterocycles. The van der Waals surface area contributed by atoms with Crippen molar-refractivity contribution in [3.05, 3.63) is 23.2 Å². The molecule has 5 heteroatoms. The van der Waals surface area contributed by atoms with E-state index in [0.717, 1.165) is 0 Å². The Morgan fingerprint density at radius 3 is 2.40 bits per heavy atom. The van der Waals surface area contributed by atoms with Crippen molar-refractivity contribution in [1.82, 2.24) is 0 Å². The van der Waals surface area contributed by atoms with Crippen molar-refractivity contribution in [1.29, 1.82) is 0 Å². The summed E-state index contributed by atoms with van der Waals surface area (Å²) >= 11 is 6.09. The van der Waals surface area contributed by atoms with Gasteiger partial charge in [-0.3, -0.25) is 4.79 Å². The van der Waals surface area contributed by atoms with E-state index in [1.54, 1.807) is 18.2 Å². The largest absolute Gasteiger partial charge is 0.492 e. The number of benzene rings is 1. The highest BCUT2D eigenvalue weighted by molar-refractivity contribution is 6.32. The average Bonchev–Trinajstić information content (AvgIpc) is 2.31. The van der Waals surface area contributed by atoms with Crippen LogP contribution in [0.2, 0.25) is 5.02 Å². The first-order valence-corrected chi connectivity index (χ1v) is 7.00. The van der Waals surface area contributed by atoms with Gasteiger partial charge in [-0.05, 0) is 52.8 Å². The van der Waals surface area contributed by atoms with E-state index >= 15 is 0 Å². The van der Waals surface area contributed by atoms with E-state index < -0.39 is 11.0 Å². The van der Waals surface area contributed by atoms with Gasteiger partial charge in [-0.2, -0.15) is 0 Å². The molecule has 0 aliphatic carbocycles. The number of amides is 1. The highest BCUT2D eigenvalue weighted by Gasteiger charge is 2.40. The summed E-state index contributed by atoms with van der Waals surface area (Å²) in [5.74, 6) is 0.454. The maximum atomic E-state index is 12.3. The van der Waals surface area contributed by atoms with Crippen molar-refractivity contribution in [2.24, 2.45) is 11.1 Å². The molecule has 0 spiro atoms. The van der Waals surface area contributed by atoms with E-state index in [-0.39, 0.29) is 5.91 Å². The van der Waals surface area contributed by atoms with Crippen molar-refractivity contribution < 1.29 is 9.53 Å². The summed E-state index contributed by atoms with van der Waals surface area (Å²) in [7, 11) is 0. The number of carbonyl (C=O) groups is 1. The zero-order valence-electron chi connectivity index (χ0n) is 12.7. The number of hydrogen-bond donors (Lipinski definition) is 2. The summed E-state index contributed by atoms with van der Waals surface area (Å²) in [5, 5.41) is 3.31. The number of carbonyl (C=O) groups excluding carboxylic acids is 1. The molecule has 3 N–H and O–H groups in total. The second kappa shape index (κ2) is 6.02. The Balaban J connectivity index is 2.89. The number of anilines is 1. The normalized spacial score (nSPS) is 12.2. The predicted molar refractivity (Wildman–Crippen MR) is 83.3 cm³/mol. The Hall–Kier alpha value is -1.26. The number of halogens is 1. The molecule has 1 aromatic rings. The fourth-order valence-corrected chi connectivity index (χ4v) is 1.67. The van der Waals surface area contributed by atoms with Crippen LogP contribution >= 0.6 is 11.6 Å². The third-order valence-corrected chi connectivity index (χ3v) is 3.96. The Bertz CT molecular complexity index is 493. The molecule has 20 heavy (non-hydrogen) atoms. The standard InChI is InChI=1S/C15H23ClN2O2/c1-6-20-12-8-7-10(9-11(12)16)18-13(19)14(2,3)15(4,5)17/h7-9H,6,17H2,1-5H3,(H,18,19). The van der Waals surface area contributed by atoms with Crippen LogP contribution in [0, 0.1) is 5.41 Å². The molecule has 0 atom stereocenters. The lowest BCUT2D eigenvalue weighted by Crippen LogP contribution is -2.53. The molecule has 1 rings (SSSR count). The van der Waals surface area contributed by atoms with Crippen LogP contribution in [-0.2, 0) is 4.79 Å². The van der Waals surface area contributed by atoms with Crippen molar-refractivity contribution in [2.75, 3.05) is 11.9 Å². The highest BCUT2D eigenvalue weighted by atomic mass is 35.5. The second-order valence-electron chi connectivity index (χ2n) is 5.88. The molecular weight excluding hydrogens is 276 g/mol. The van der Waals surface area contributed by atoms with Crippen LogP contribution in [0.3, 0.4) is 0 Å². The van der Waals surface area contributed by atoms with Crippen LogP contribution in [0.15, 0.2) is 18.2 Å². The summed E-state index contributed by atoms with van der Waals surface area (Å²) in [6.07, 6.45) is 0. The van der Waals surface area contributed by atoms with Crippen molar-refractivity contribution in [3.8, 4) is 5.75 Å². The average molecular weight is 299 g/mol. The van der Waals surface area contributed by atoms with Gasteiger partial charge in [0.25, 0.3) is 0 Å². The minimum absolute atomic E-state index is 0.148. The quantitative estimate of drug-likeness (QED) is 0.875. The molecule has 0 aromatic heterocycles. The van der Waals surface area contributed by atoms with Crippen molar-refractivity contribution in [3.63, 3.8) is 0 Å². The van der Waals surface area contributed by atoms with Gasteiger partial charge in [-0.15, -0.1) is 0 Å². The first-order valence-electron chi connectivity index (χ1n) is 6.62. The zero-order chi connectivity index (χ0) is 15.6. The van der Waals surface area contributed by atoms with Gasteiger partial charge in [0, 0.05) is 11.2 Å². The van der Waals surface area contributed by atoms with Crippen molar-refractivity contribution in [2.45, 2.75) is 40.2 Å².